The van der Waals surface area contributed by atoms with E-state index >= 15 is 0 Å². The molecular formula is C26H31NO5. The first kappa shape index (κ1) is 23.4. The van der Waals surface area contributed by atoms with Gasteiger partial charge in [0.25, 0.3) is 0 Å². The van der Waals surface area contributed by atoms with Gasteiger partial charge < -0.3 is 29.4 Å². The first-order valence-corrected chi connectivity index (χ1v) is 10.6. The second kappa shape index (κ2) is 12.0. The van der Waals surface area contributed by atoms with E-state index in [-0.39, 0.29) is 19.3 Å². The summed E-state index contributed by atoms with van der Waals surface area (Å²) in [6.45, 7) is 3.43. The standard InChI is InChI=1S/C26H31NO5/c1-19(22-10-12-24(31-14-13-28)25(16-22)30-3)27-17-21-9-11-23(29-2)26(15-21)32-18-20-7-5-4-6-8-20/h4-12,15-16,19,27-28H,13-14,17-18H2,1-3H3. The minimum absolute atomic E-state index is 0.0399. The molecule has 0 saturated carbocycles. The molecule has 0 aliphatic rings. The van der Waals surface area contributed by atoms with Crippen molar-refractivity contribution in [2.75, 3.05) is 27.4 Å². The summed E-state index contributed by atoms with van der Waals surface area (Å²) in [5, 5.41) is 12.5. The van der Waals surface area contributed by atoms with Crippen LogP contribution in [0.4, 0.5) is 0 Å². The van der Waals surface area contributed by atoms with Crippen LogP contribution in [0.15, 0.2) is 66.7 Å². The van der Waals surface area contributed by atoms with Crippen molar-refractivity contribution in [2.45, 2.75) is 26.1 Å². The summed E-state index contributed by atoms with van der Waals surface area (Å²) in [4.78, 5) is 0. The summed E-state index contributed by atoms with van der Waals surface area (Å²) >= 11 is 0. The first-order valence-electron chi connectivity index (χ1n) is 10.6. The van der Waals surface area contributed by atoms with Gasteiger partial charge in [0.15, 0.2) is 23.0 Å². The second-order valence-electron chi connectivity index (χ2n) is 7.34. The van der Waals surface area contributed by atoms with Gasteiger partial charge in [0.05, 0.1) is 20.8 Å². The van der Waals surface area contributed by atoms with Crippen LogP contribution in [0.1, 0.15) is 29.7 Å². The van der Waals surface area contributed by atoms with E-state index in [0.717, 1.165) is 22.4 Å². The van der Waals surface area contributed by atoms with Crippen LogP contribution in [0, 0.1) is 0 Å². The molecule has 0 saturated heterocycles. The molecule has 1 unspecified atom stereocenters. The molecule has 3 aromatic carbocycles. The lowest BCUT2D eigenvalue weighted by molar-refractivity contribution is 0.196. The zero-order chi connectivity index (χ0) is 22.8. The quantitative estimate of drug-likeness (QED) is 0.435. The van der Waals surface area contributed by atoms with Gasteiger partial charge >= 0.3 is 0 Å². The minimum Gasteiger partial charge on any atom is -0.493 e. The second-order valence-corrected chi connectivity index (χ2v) is 7.34. The highest BCUT2D eigenvalue weighted by molar-refractivity contribution is 5.44. The van der Waals surface area contributed by atoms with Gasteiger partial charge in [-0.25, -0.2) is 0 Å². The Morgan fingerprint density at radius 1 is 0.781 bits per heavy atom. The molecule has 3 rings (SSSR count). The lowest BCUT2D eigenvalue weighted by atomic mass is 10.1. The van der Waals surface area contributed by atoms with Gasteiger partial charge in [-0.2, -0.15) is 0 Å². The van der Waals surface area contributed by atoms with E-state index in [1.807, 2.05) is 66.7 Å². The molecule has 0 aromatic heterocycles. The largest absolute Gasteiger partial charge is 0.493 e. The third-order valence-electron chi connectivity index (χ3n) is 5.11. The molecule has 0 fully saturated rings. The number of aliphatic hydroxyl groups is 1. The van der Waals surface area contributed by atoms with Crippen molar-refractivity contribution < 1.29 is 24.1 Å². The molecule has 3 aromatic rings. The van der Waals surface area contributed by atoms with E-state index in [4.69, 9.17) is 24.1 Å². The average Bonchev–Trinajstić information content (AvgIpc) is 2.85. The topological polar surface area (TPSA) is 69.2 Å². The molecule has 0 aliphatic carbocycles. The number of nitrogens with one attached hydrogen (secondary N) is 1. The van der Waals surface area contributed by atoms with Crippen LogP contribution in [0.5, 0.6) is 23.0 Å². The van der Waals surface area contributed by atoms with Crippen molar-refractivity contribution in [1.82, 2.24) is 5.32 Å². The third kappa shape index (κ3) is 6.39. The predicted molar refractivity (Wildman–Crippen MR) is 125 cm³/mol. The number of hydrogen-bond acceptors (Lipinski definition) is 6. The van der Waals surface area contributed by atoms with Crippen LogP contribution in [-0.2, 0) is 13.2 Å². The van der Waals surface area contributed by atoms with Gasteiger partial charge in [0, 0.05) is 12.6 Å². The fourth-order valence-electron chi connectivity index (χ4n) is 3.30. The number of benzene rings is 3. The highest BCUT2D eigenvalue weighted by atomic mass is 16.5. The molecule has 32 heavy (non-hydrogen) atoms. The van der Waals surface area contributed by atoms with Crippen molar-refractivity contribution in [3.63, 3.8) is 0 Å². The molecule has 0 heterocycles. The van der Waals surface area contributed by atoms with Crippen LogP contribution in [-0.4, -0.2) is 32.5 Å². The van der Waals surface area contributed by atoms with E-state index in [9.17, 15) is 0 Å². The maximum absolute atomic E-state index is 8.96. The highest BCUT2D eigenvalue weighted by Gasteiger charge is 2.12. The maximum atomic E-state index is 8.96. The molecule has 6 nitrogen and oxygen atoms in total. The molecule has 170 valence electrons. The van der Waals surface area contributed by atoms with E-state index < -0.39 is 0 Å². The molecule has 0 spiro atoms. The van der Waals surface area contributed by atoms with Gasteiger partial charge in [0.2, 0.25) is 0 Å². The SMILES string of the molecule is COc1cc(C(C)NCc2ccc(OC)c(OCc3ccccc3)c2)ccc1OCCO. The fourth-order valence-corrected chi connectivity index (χ4v) is 3.30. The lowest BCUT2D eigenvalue weighted by Gasteiger charge is -2.18. The Bertz CT molecular complexity index is 977. The van der Waals surface area contributed by atoms with Crippen LogP contribution in [0.25, 0.3) is 0 Å². The predicted octanol–water partition coefficient (Wildman–Crippen LogP) is 4.50. The van der Waals surface area contributed by atoms with E-state index in [1.54, 1.807) is 14.2 Å². The van der Waals surface area contributed by atoms with Crippen LogP contribution in [0.3, 0.4) is 0 Å². The van der Waals surface area contributed by atoms with Gasteiger partial charge in [-0.15, -0.1) is 0 Å². The molecule has 0 aliphatic heterocycles. The van der Waals surface area contributed by atoms with Gasteiger partial charge in [0.1, 0.15) is 13.2 Å². The third-order valence-corrected chi connectivity index (χ3v) is 5.11. The van der Waals surface area contributed by atoms with Crippen molar-refractivity contribution in [3.8, 4) is 23.0 Å². The van der Waals surface area contributed by atoms with Crippen molar-refractivity contribution in [2.24, 2.45) is 0 Å². The van der Waals surface area contributed by atoms with Crippen LogP contribution < -0.4 is 24.3 Å². The number of hydrogen-bond donors (Lipinski definition) is 2. The Kier molecular flexibility index (Phi) is 8.78. The molecule has 0 bridgehead atoms. The Morgan fingerprint density at radius 2 is 1.53 bits per heavy atom. The Hall–Kier alpha value is -3.22. The smallest absolute Gasteiger partial charge is 0.161 e. The van der Waals surface area contributed by atoms with E-state index in [0.29, 0.717) is 30.4 Å². The zero-order valence-corrected chi connectivity index (χ0v) is 18.8. The van der Waals surface area contributed by atoms with E-state index in [1.165, 1.54) is 0 Å². The van der Waals surface area contributed by atoms with Gasteiger partial charge in [-0.1, -0.05) is 42.5 Å². The minimum atomic E-state index is -0.0399. The molecule has 1 atom stereocenters. The molecule has 2 N–H and O–H groups in total. The van der Waals surface area contributed by atoms with Crippen molar-refractivity contribution in [3.05, 3.63) is 83.4 Å². The number of ether oxygens (including phenoxy) is 4. The summed E-state index contributed by atoms with van der Waals surface area (Å²) in [7, 11) is 3.25. The summed E-state index contributed by atoms with van der Waals surface area (Å²) in [6, 6.07) is 21.9. The molecule has 0 amide bonds. The van der Waals surface area contributed by atoms with Gasteiger partial charge in [-0.3, -0.25) is 0 Å². The van der Waals surface area contributed by atoms with Crippen LogP contribution >= 0.6 is 0 Å². The maximum Gasteiger partial charge on any atom is 0.161 e. The van der Waals surface area contributed by atoms with Crippen LogP contribution in [0.2, 0.25) is 0 Å². The normalized spacial score (nSPS) is 11.6. The summed E-state index contributed by atoms with van der Waals surface area (Å²) < 4.78 is 22.4. The molecular weight excluding hydrogens is 406 g/mol. The van der Waals surface area contributed by atoms with E-state index in [2.05, 4.69) is 12.2 Å². The Balaban J connectivity index is 1.64. The first-order chi connectivity index (χ1) is 15.6. The fraction of sp³-hybridized carbons (Fsp3) is 0.308. The average molecular weight is 438 g/mol. The summed E-state index contributed by atoms with van der Waals surface area (Å²) in [5.74, 6) is 2.69. The zero-order valence-electron chi connectivity index (χ0n) is 18.8. The Labute approximate surface area is 189 Å². The monoisotopic (exact) mass is 437 g/mol. The Morgan fingerprint density at radius 3 is 2.25 bits per heavy atom. The van der Waals surface area contributed by atoms with Crippen molar-refractivity contribution >= 4 is 0 Å². The summed E-state index contributed by atoms with van der Waals surface area (Å²) in [5.41, 5.74) is 3.27. The number of methoxy groups -OCH3 is 2. The molecule has 0 radical (unpaired) electrons. The number of rotatable bonds is 12. The molecule has 6 heteroatoms. The van der Waals surface area contributed by atoms with Gasteiger partial charge in [-0.05, 0) is 47.9 Å². The summed E-state index contributed by atoms with van der Waals surface area (Å²) in [6.07, 6.45) is 0. The lowest BCUT2D eigenvalue weighted by Crippen LogP contribution is -2.18. The van der Waals surface area contributed by atoms with Crippen molar-refractivity contribution in [1.29, 1.82) is 0 Å². The highest BCUT2D eigenvalue weighted by Crippen LogP contribution is 2.31. The number of aliphatic hydroxyl groups excluding tert-OH is 1.